The number of aromatic carboxylic acids is 1. The van der Waals surface area contributed by atoms with Crippen LogP contribution in [0, 0.1) is 0 Å². The monoisotopic (exact) mass is 329 g/mol. The summed E-state index contributed by atoms with van der Waals surface area (Å²) >= 11 is 0. The Balaban J connectivity index is 3.22. The van der Waals surface area contributed by atoms with E-state index in [1.54, 1.807) is 20.8 Å². The molecule has 0 radical (unpaired) electrons. The third-order valence-corrected chi connectivity index (χ3v) is 4.33. The van der Waals surface area contributed by atoms with Gasteiger partial charge in [0.2, 0.25) is 0 Å². The van der Waals surface area contributed by atoms with Crippen molar-refractivity contribution in [3.8, 4) is 0 Å². The molecule has 0 aliphatic carbocycles. The van der Waals surface area contributed by atoms with Crippen molar-refractivity contribution in [1.82, 2.24) is 0 Å². The first-order valence-corrected chi connectivity index (χ1v) is 8.21. The molecule has 0 atom stereocenters. The highest BCUT2D eigenvalue weighted by Crippen LogP contribution is 2.23. The Morgan fingerprint density at radius 3 is 2.32 bits per heavy atom. The summed E-state index contributed by atoms with van der Waals surface area (Å²) < 4.78 is 28.8. The Kier molecular flexibility index (Phi) is 5.18. The summed E-state index contributed by atoms with van der Waals surface area (Å²) in [5.74, 6) is -1.42. The number of amides is 1. The van der Waals surface area contributed by atoms with Gasteiger partial charge in [0.05, 0.1) is 21.9 Å². The summed E-state index contributed by atoms with van der Waals surface area (Å²) in [5.41, 5.74) is -1.11. The van der Waals surface area contributed by atoms with Crippen LogP contribution in [0.5, 0.6) is 0 Å². The van der Waals surface area contributed by atoms with E-state index in [1.807, 2.05) is 0 Å². The fourth-order valence-electron chi connectivity index (χ4n) is 1.59. The summed E-state index contributed by atoms with van der Waals surface area (Å²) in [6.07, 6.45) is -0.860. The van der Waals surface area contributed by atoms with Crippen molar-refractivity contribution in [1.29, 1.82) is 0 Å². The number of carbonyl (C=O) groups is 2. The van der Waals surface area contributed by atoms with E-state index >= 15 is 0 Å². The van der Waals surface area contributed by atoms with Gasteiger partial charge in [0.15, 0.2) is 9.84 Å². The number of carboxylic acids is 1. The molecule has 1 aromatic rings. The first-order valence-electron chi connectivity index (χ1n) is 6.56. The molecule has 0 spiro atoms. The smallest absolute Gasteiger partial charge is 0.412 e. The van der Waals surface area contributed by atoms with Crippen molar-refractivity contribution < 1.29 is 27.9 Å². The number of rotatable bonds is 4. The number of hydrogen-bond acceptors (Lipinski definition) is 5. The molecule has 122 valence electrons. The summed E-state index contributed by atoms with van der Waals surface area (Å²) in [5, 5.41) is 11.4. The highest BCUT2D eigenvalue weighted by atomic mass is 32.2. The minimum atomic E-state index is -3.52. The molecular weight excluding hydrogens is 310 g/mol. The molecule has 1 amide bonds. The van der Waals surface area contributed by atoms with Gasteiger partial charge in [-0.15, -0.1) is 0 Å². The van der Waals surface area contributed by atoms with Gasteiger partial charge in [-0.1, -0.05) is 6.92 Å². The fraction of sp³-hybridized carbons (Fsp3) is 0.429. The normalized spacial score (nSPS) is 11.8. The summed E-state index contributed by atoms with van der Waals surface area (Å²) in [6, 6.07) is 3.45. The first kappa shape index (κ1) is 18.0. The van der Waals surface area contributed by atoms with E-state index < -0.39 is 27.5 Å². The zero-order valence-electron chi connectivity index (χ0n) is 12.8. The number of carboxylic acid groups (broad SMARTS) is 1. The molecule has 0 saturated heterocycles. The lowest BCUT2D eigenvalue weighted by molar-refractivity contribution is 0.0636. The molecule has 2 N–H and O–H groups in total. The van der Waals surface area contributed by atoms with Crippen LogP contribution in [-0.2, 0) is 14.6 Å². The molecule has 1 rings (SSSR count). The molecule has 0 unspecified atom stereocenters. The molecule has 0 heterocycles. The molecule has 0 aliphatic heterocycles. The van der Waals surface area contributed by atoms with E-state index in [0.29, 0.717) is 0 Å². The molecule has 0 saturated carbocycles. The van der Waals surface area contributed by atoms with Crippen molar-refractivity contribution in [3.63, 3.8) is 0 Å². The minimum absolute atomic E-state index is 0.0638. The Bertz CT molecular complexity index is 688. The van der Waals surface area contributed by atoms with Gasteiger partial charge in [-0.05, 0) is 39.0 Å². The average molecular weight is 329 g/mol. The van der Waals surface area contributed by atoms with Crippen LogP contribution in [0.25, 0.3) is 0 Å². The van der Waals surface area contributed by atoms with Gasteiger partial charge in [0.1, 0.15) is 5.60 Å². The lowest BCUT2D eigenvalue weighted by atomic mass is 10.2. The van der Waals surface area contributed by atoms with E-state index in [2.05, 4.69) is 5.32 Å². The molecule has 1 aromatic carbocycles. The van der Waals surface area contributed by atoms with Crippen LogP contribution in [0.15, 0.2) is 23.1 Å². The van der Waals surface area contributed by atoms with E-state index in [0.717, 1.165) is 12.1 Å². The highest BCUT2D eigenvalue weighted by molar-refractivity contribution is 7.91. The lowest BCUT2D eigenvalue weighted by Crippen LogP contribution is -2.27. The standard InChI is InChI=1S/C14H19NO6S/c1-5-22(19,20)9-6-7-10(12(16)17)11(8-9)15-13(18)21-14(2,3)4/h6-8H,5H2,1-4H3,(H,15,18)(H,16,17). The Hall–Kier alpha value is -2.09. The van der Waals surface area contributed by atoms with Crippen molar-refractivity contribution in [2.24, 2.45) is 0 Å². The van der Waals surface area contributed by atoms with E-state index in [4.69, 9.17) is 9.84 Å². The second kappa shape index (κ2) is 6.35. The van der Waals surface area contributed by atoms with Crippen LogP contribution in [0.2, 0.25) is 0 Å². The topological polar surface area (TPSA) is 110 Å². The largest absolute Gasteiger partial charge is 0.478 e. The van der Waals surface area contributed by atoms with E-state index in [1.165, 1.54) is 13.0 Å². The number of ether oxygens (including phenoxy) is 1. The van der Waals surface area contributed by atoms with Gasteiger partial charge in [-0.25, -0.2) is 18.0 Å². The number of sulfone groups is 1. The molecule has 8 heteroatoms. The first-order chi connectivity index (χ1) is 9.96. The van der Waals surface area contributed by atoms with Crippen LogP contribution >= 0.6 is 0 Å². The van der Waals surface area contributed by atoms with Crippen molar-refractivity contribution in [2.75, 3.05) is 11.1 Å². The van der Waals surface area contributed by atoms with Crippen LogP contribution in [0.4, 0.5) is 10.5 Å². The second-order valence-electron chi connectivity index (χ2n) is 5.54. The molecule has 0 aromatic heterocycles. The van der Waals surface area contributed by atoms with E-state index in [-0.39, 0.29) is 21.9 Å². The van der Waals surface area contributed by atoms with Gasteiger partial charge >= 0.3 is 12.1 Å². The fourth-order valence-corrected chi connectivity index (χ4v) is 2.49. The van der Waals surface area contributed by atoms with Crippen molar-refractivity contribution in [3.05, 3.63) is 23.8 Å². The Morgan fingerprint density at radius 2 is 1.86 bits per heavy atom. The maximum Gasteiger partial charge on any atom is 0.412 e. The lowest BCUT2D eigenvalue weighted by Gasteiger charge is -2.20. The van der Waals surface area contributed by atoms with Crippen LogP contribution in [0.3, 0.4) is 0 Å². The summed E-state index contributed by atoms with van der Waals surface area (Å²) in [4.78, 5) is 22.9. The predicted octanol–water partition coefficient (Wildman–Crippen LogP) is 2.53. The number of benzene rings is 1. The Morgan fingerprint density at radius 1 is 1.27 bits per heavy atom. The molecule has 0 aliphatic rings. The van der Waals surface area contributed by atoms with Crippen LogP contribution in [0.1, 0.15) is 38.1 Å². The molecule has 22 heavy (non-hydrogen) atoms. The maximum atomic E-state index is 11.9. The average Bonchev–Trinajstić information content (AvgIpc) is 2.35. The number of carbonyl (C=O) groups excluding carboxylic acids is 1. The molecule has 0 fully saturated rings. The van der Waals surface area contributed by atoms with Gasteiger partial charge in [-0.2, -0.15) is 0 Å². The molecule has 7 nitrogen and oxygen atoms in total. The van der Waals surface area contributed by atoms with Gasteiger partial charge < -0.3 is 9.84 Å². The zero-order valence-corrected chi connectivity index (χ0v) is 13.7. The molecule has 0 bridgehead atoms. The summed E-state index contributed by atoms with van der Waals surface area (Å²) in [7, 11) is -3.52. The van der Waals surface area contributed by atoms with E-state index in [9.17, 15) is 18.0 Å². The van der Waals surface area contributed by atoms with Gasteiger partial charge in [0.25, 0.3) is 0 Å². The Labute approximate surface area is 129 Å². The minimum Gasteiger partial charge on any atom is -0.478 e. The third-order valence-electron chi connectivity index (χ3n) is 2.60. The zero-order chi connectivity index (χ0) is 17.1. The summed E-state index contributed by atoms with van der Waals surface area (Å²) in [6.45, 7) is 6.44. The van der Waals surface area contributed by atoms with Crippen LogP contribution in [-0.4, -0.2) is 36.9 Å². The van der Waals surface area contributed by atoms with Gasteiger partial charge in [-0.3, -0.25) is 5.32 Å². The second-order valence-corrected chi connectivity index (χ2v) is 7.82. The quantitative estimate of drug-likeness (QED) is 0.878. The SMILES string of the molecule is CCS(=O)(=O)c1ccc(C(=O)O)c(NC(=O)OC(C)(C)C)c1. The number of anilines is 1. The maximum absolute atomic E-state index is 11.9. The molecular formula is C14H19NO6S. The third kappa shape index (κ3) is 4.73. The predicted molar refractivity (Wildman–Crippen MR) is 81.0 cm³/mol. The van der Waals surface area contributed by atoms with Crippen LogP contribution < -0.4 is 5.32 Å². The highest BCUT2D eigenvalue weighted by Gasteiger charge is 2.21. The number of nitrogens with one attached hydrogen (secondary N) is 1. The van der Waals surface area contributed by atoms with Crippen molar-refractivity contribution >= 4 is 27.6 Å². The van der Waals surface area contributed by atoms with Crippen molar-refractivity contribution in [2.45, 2.75) is 38.2 Å². The number of hydrogen-bond donors (Lipinski definition) is 2. The van der Waals surface area contributed by atoms with Gasteiger partial charge in [0, 0.05) is 0 Å².